The van der Waals surface area contributed by atoms with Crippen molar-refractivity contribution in [3.8, 4) is 0 Å². The van der Waals surface area contributed by atoms with E-state index in [0.29, 0.717) is 29.7 Å². The van der Waals surface area contributed by atoms with E-state index in [-0.39, 0.29) is 5.82 Å². The number of benzene rings is 1. The van der Waals surface area contributed by atoms with E-state index in [1.54, 1.807) is 12.1 Å². The maximum atomic E-state index is 13.5. The predicted molar refractivity (Wildman–Crippen MR) is 61.4 cm³/mol. The number of aliphatic hydroxyl groups is 2. The Labute approximate surface area is 102 Å². The largest absolute Gasteiger partial charge is 0.389 e. The zero-order chi connectivity index (χ0) is 11.7. The van der Waals surface area contributed by atoms with Crippen LogP contribution in [0, 0.1) is 5.82 Å². The normalized spacial score (nSPS) is 26.2. The van der Waals surface area contributed by atoms with Gasteiger partial charge >= 0.3 is 0 Å². The zero-order valence-electron chi connectivity index (χ0n) is 8.61. The molecule has 0 bridgehead atoms. The third kappa shape index (κ3) is 2.60. The maximum absolute atomic E-state index is 13.5. The molecule has 0 radical (unpaired) electrons. The third-order valence-corrected chi connectivity index (χ3v) is 3.24. The van der Waals surface area contributed by atoms with Crippen molar-refractivity contribution >= 4 is 15.9 Å². The Kier molecular flexibility index (Phi) is 3.59. The first-order chi connectivity index (χ1) is 7.56. The third-order valence-electron chi connectivity index (χ3n) is 2.74. The molecule has 1 saturated heterocycles. The van der Waals surface area contributed by atoms with Crippen LogP contribution >= 0.6 is 15.9 Å². The smallest absolute Gasteiger partial charge is 0.128 e. The van der Waals surface area contributed by atoms with E-state index in [2.05, 4.69) is 15.9 Å². The summed E-state index contributed by atoms with van der Waals surface area (Å²) in [4.78, 5) is 1.83. The molecule has 2 rings (SSSR count). The second kappa shape index (κ2) is 4.79. The van der Waals surface area contributed by atoms with Gasteiger partial charge in [0.2, 0.25) is 0 Å². The summed E-state index contributed by atoms with van der Waals surface area (Å²) in [6.45, 7) is 1.18. The van der Waals surface area contributed by atoms with Gasteiger partial charge < -0.3 is 10.2 Å². The van der Waals surface area contributed by atoms with Crippen LogP contribution in [0.3, 0.4) is 0 Å². The minimum absolute atomic E-state index is 0.273. The van der Waals surface area contributed by atoms with Crippen LogP contribution in [0.1, 0.15) is 5.56 Å². The van der Waals surface area contributed by atoms with Gasteiger partial charge in [0.25, 0.3) is 0 Å². The van der Waals surface area contributed by atoms with Crippen molar-refractivity contribution in [3.05, 3.63) is 34.1 Å². The first kappa shape index (κ1) is 12.0. The lowest BCUT2D eigenvalue weighted by molar-refractivity contribution is 0.0572. The van der Waals surface area contributed by atoms with Crippen molar-refractivity contribution in [2.24, 2.45) is 0 Å². The lowest BCUT2D eigenvalue weighted by Gasteiger charge is -2.15. The van der Waals surface area contributed by atoms with E-state index >= 15 is 0 Å². The standard InChI is InChI=1S/C11H13BrFNO2/c12-8-2-1-7(9(13)3-8)4-14-5-10(15)11(16)6-14/h1-3,10-11,15-16H,4-6H2. The summed E-state index contributed by atoms with van der Waals surface area (Å²) in [5.41, 5.74) is 0.574. The van der Waals surface area contributed by atoms with Gasteiger partial charge in [0.1, 0.15) is 5.82 Å². The summed E-state index contributed by atoms with van der Waals surface area (Å²) < 4.78 is 14.2. The van der Waals surface area contributed by atoms with Crippen LogP contribution in [0.4, 0.5) is 4.39 Å². The van der Waals surface area contributed by atoms with Crippen LogP contribution < -0.4 is 0 Å². The summed E-state index contributed by atoms with van der Waals surface area (Å²) in [7, 11) is 0. The molecular formula is C11H13BrFNO2. The second-order valence-corrected chi connectivity index (χ2v) is 4.98. The van der Waals surface area contributed by atoms with Gasteiger partial charge in [0, 0.05) is 29.7 Å². The minimum Gasteiger partial charge on any atom is -0.389 e. The zero-order valence-corrected chi connectivity index (χ0v) is 10.2. The van der Waals surface area contributed by atoms with Crippen LogP contribution in [-0.4, -0.2) is 40.4 Å². The average Bonchev–Trinajstić information content (AvgIpc) is 2.51. The first-order valence-electron chi connectivity index (χ1n) is 5.08. The minimum atomic E-state index is -0.724. The Morgan fingerprint density at radius 3 is 2.50 bits per heavy atom. The number of nitrogens with zero attached hydrogens (tertiary/aromatic N) is 1. The van der Waals surface area contributed by atoms with Crippen LogP contribution in [0.25, 0.3) is 0 Å². The molecule has 0 saturated carbocycles. The van der Waals surface area contributed by atoms with E-state index in [0.717, 1.165) is 0 Å². The van der Waals surface area contributed by atoms with Crippen molar-refractivity contribution in [2.75, 3.05) is 13.1 Å². The predicted octanol–water partition coefficient (Wildman–Crippen LogP) is 1.13. The number of hydrogen-bond acceptors (Lipinski definition) is 3. The van der Waals surface area contributed by atoms with E-state index in [4.69, 9.17) is 0 Å². The molecule has 88 valence electrons. The van der Waals surface area contributed by atoms with Gasteiger partial charge in [-0.2, -0.15) is 0 Å². The molecule has 0 spiro atoms. The molecule has 1 aliphatic rings. The quantitative estimate of drug-likeness (QED) is 0.858. The molecule has 1 aromatic carbocycles. The number of likely N-dealkylation sites (tertiary alicyclic amines) is 1. The van der Waals surface area contributed by atoms with E-state index in [1.807, 2.05) is 4.90 Å². The van der Waals surface area contributed by atoms with E-state index in [1.165, 1.54) is 6.07 Å². The van der Waals surface area contributed by atoms with E-state index < -0.39 is 12.2 Å². The maximum Gasteiger partial charge on any atom is 0.128 e. The highest BCUT2D eigenvalue weighted by Gasteiger charge is 2.29. The monoisotopic (exact) mass is 289 g/mol. The van der Waals surface area contributed by atoms with Crippen molar-refractivity contribution < 1.29 is 14.6 Å². The number of rotatable bonds is 2. The van der Waals surface area contributed by atoms with Gasteiger partial charge in [-0.3, -0.25) is 4.90 Å². The van der Waals surface area contributed by atoms with Crippen LogP contribution in [0.5, 0.6) is 0 Å². The molecule has 2 unspecified atom stereocenters. The molecule has 2 atom stereocenters. The first-order valence-corrected chi connectivity index (χ1v) is 5.88. The Morgan fingerprint density at radius 2 is 1.94 bits per heavy atom. The van der Waals surface area contributed by atoms with Gasteiger partial charge in [-0.25, -0.2) is 4.39 Å². The molecule has 0 amide bonds. The van der Waals surface area contributed by atoms with E-state index in [9.17, 15) is 14.6 Å². The fourth-order valence-electron chi connectivity index (χ4n) is 1.87. The molecule has 3 nitrogen and oxygen atoms in total. The van der Waals surface area contributed by atoms with Gasteiger partial charge in [0.05, 0.1) is 12.2 Å². The second-order valence-electron chi connectivity index (χ2n) is 4.06. The molecule has 1 aliphatic heterocycles. The van der Waals surface area contributed by atoms with Crippen molar-refractivity contribution in [3.63, 3.8) is 0 Å². The Morgan fingerprint density at radius 1 is 1.31 bits per heavy atom. The molecule has 0 aromatic heterocycles. The van der Waals surface area contributed by atoms with Crippen LogP contribution in [0.2, 0.25) is 0 Å². The fourth-order valence-corrected chi connectivity index (χ4v) is 2.20. The van der Waals surface area contributed by atoms with Crippen molar-refractivity contribution in [1.82, 2.24) is 4.90 Å². The summed E-state index contributed by atoms with van der Waals surface area (Å²) in [6, 6.07) is 4.90. The summed E-state index contributed by atoms with van der Waals surface area (Å²) in [6.07, 6.45) is -1.45. The molecule has 1 fully saturated rings. The summed E-state index contributed by atoms with van der Waals surface area (Å²) in [5.74, 6) is -0.273. The van der Waals surface area contributed by atoms with Gasteiger partial charge in [-0.1, -0.05) is 22.0 Å². The molecule has 2 N–H and O–H groups in total. The Balaban J connectivity index is 2.05. The molecule has 16 heavy (non-hydrogen) atoms. The lowest BCUT2D eigenvalue weighted by Crippen LogP contribution is -2.22. The van der Waals surface area contributed by atoms with Crippen LogP contribution in [-0.2, 0) is 6.54 Å². The number of hydrogen-bond donors (Lipinski definition) is 2. The van der Waals surface area contributed by atoms with Gasteiger partial charge in [-0.05, 0) is 12.1 Å². The molecule has 1 heterocycles. The molecule has 5 heteroatoms. The fraction of sp³-hybridized carbons (Fsp3) is 0.455. The SMILES string of the molecule is OC1CN(Cc2ccc(Br)cc2F)CC1O. The van der Waals surface area contributed by atoms with Crippen molar-refractivity contribution in [2.45, 2.75) is 18.8 Å². The lowest BCUT2D eigenvalue weighted by atomic mass is 10.2. The van der Waals surface area contributed by atoms with Crippen molar-refractivity contribution in [1.29, 1.82) is 0 Å². The van der Waals surface area contributed by atoms with Crippen LogP contribution in [0.15, 0.2) is 22.7 Å². The topological polar surface area (TPSA) is 43.7 Å². The highest BCUT2D eigenvalue weighted by Crippen LogP contribution is 2.19. The molecular weight excluding hydrogens is 277 g/mol. The van der Waals surface area contributed by atoms with Gasteiger partial charge in [-0.15, -0.1) is 0 Å². The Hall–Kier alpha value is -0.490. The van der Waals surface area contributed by atoms with Gasteiger partial charge in [0.15, 0.2) is 0 Å². The highest BCUT2D eigenvalue weighted by atomic mass is 79.9. The Bertz CT molecular complexity index is 378. The number of aliphatic hydroxyl groups excluding tert-OH is 2. The number of β-amino-alcohol motifs (C(OH)–C–C–N with tert-alkyl or cyclic N) is 2. The summed E-state index contributed by atoms with van der Waals surface area (Å²) >= 11 is 3.19. The number of halogens is 2. The summed E-state index contributed by atoms with van der Waals surface area (Å²) in [5, 5.41) is 18.7. The highest BCUT2D eigenvalue weighted by molar-refractivity contribution is 9.10. The average molecular weight is 290 g/mol. The molecule has 1 aromatic rings. The molecule has 0 aliphatic carbocycles.